The average molecular weight is 452 g/mol. The Bertz CT molecular complexity index is 1120. The molecule has 0 unspecified atom stereocenters. The second kappa shape index (κ2) is 8.90. The maximum atomic E-state index is 12.5. The number of phenols is 1. The zero-order valence-corrected chi connectivity index (χ0v) is 18.2. The van der Waals surface area contributed by atoms with E-state index in [1.165, 1.54) is 26.2 Å². The Morgan fingerprint density at radius 1 is 1.13 bits per heavy atom. The number of nitrogens with one attached hydrogen (secondary N) is 2. The molecule has 1 aromatic heterocycles. The van der Waals surface area contributed by atoms with Crippen molar-refractivity contribution in [1.29, 1.82) is 0 Å². The van der Waals surface area contributed by atoms with Crippen molar-refractivity contribution in [3.05, 3.63) is 53.1 Å². The number of sulfonamides is 1. The topological polar surface area (TPSA) is 121 Å². The van der Waals surface area contributed by atoms with Crippen molar-refractivity contribution >= 4 is 38.9 Å². The van der Waals surface area contributed by atoms with E-state index in [-0.39, 0.29) is 22.6 Å². The van der Waals surface area contributed by atoms with Crippen LogP contribution in [-0.2, 0) is 10.0 Å². The van der Waals surface area contributed by atoms with Crippen molar-refractivity contribution in [3.63, 3.8) is 0 Å². The van der Waals surface area contributed by atoms with Crippen molar-refractivity contribution in [2.75, 3.05) is 24.7 Å². The summed E-state index contributed by atoms with van der Waals surface area (Å²) in [6.45, 7) is 2.02. The zero-order chi connectivity index (χ0) is 21.9. The molecule has 0 amide bonds. The van der Waals surface area contributed by atoms with E-state index < -0.39 is 20.7 Å². The first-order valence-electron chi connectivity index (χ1n) is 9.10. The molecule has 11 heteroatoms. The fourth-order valence-electron chi connectivity index (χ4n) is 2.84. The number of aromatic hydroxyl groups is 1. The first kappa shape index (κ1) is 21.9. The summed E-state index contributed by atoms with van der Waals surface area (Å²) in [4.78, 5) is -0.402. The van der Waals surface area contributed by atoms with E-state index in [4.69, 9.17) is 16.2 Å². The lowest BCUT2D eigenvalue weighted by molar-refractivity contribution is 0.310. The minimum atomic E-state index is -3.97. The number of anilines is 3. The third-order valence-corrected chi connectivity index (χ3v) is 6.80. The van der Waals surface area contributed by atoms with E-state index in [0.717, 1.165) is 16.3 Å². The fourth-order valence-corrected chi connectivity index (χ4v) is 4.32. The van der Waals surface area contributed by atoms with Crippen LogP contribution in [-0.4, -0.2) is 42.2 Å². The average Bonchev–Trinajstić information content (AvgIpc) is 3.15. The minimum Gasteiger partial charge on any atom is -0.504 e. The molecule has 3 N–H and O–H groups in total. The lowest BCUT2D eigenvalue weighted by Gasteiger charge is -2.18. The molecule has 0 bridgehead atoms. The van der Waals surface area contributed by atoms with Gasteiger partial charge >= 0.3 is 0 Å². The number of phenolic OH excluding ortho intramolecular Hbond substituents is 1. The maximum Gasteiger partial charge on any atom is 0.247 e. The van der Waals surface area contributed by atoms with E-state index in [9.17, 15) is 13.5 Å². The first-order chi connectivity index (χ1) is 14.3. The molecule has 0 spiro atoms. The number of aromatic nitrogens is 2. The van der Waals surface area contributed by atoms with Crippen LogP contribution in [0.2, 0.25) is 5.02 Å². The molecule has 0 aliphatic carbocycles. The van der Waals surface area contributed by atoms with Gasteiger partial charge in [-0.25, -0.2) is 17.4 Å². The van der Waals surface area contributed by atoms with Crippen LogP contribution >= 0.6 is 11.6 Å². The zero-order valence-electron chi connectivity index (χ0n) is 16.6. The van der Waals surface area contributed by atoms with E-state index in [1.807, 2.05) is 37.3 Å². The maximum absolute atomic E-state index is 12.5. The predicted octanol–water partition coefficient (Wildman–Crippen LogP) is 3.99. The number of rotatable bonds is 8. The summed E-state index contributed by atoms with van der Waals surface area (Å²) in [5.74, 6) is -0.0208. The summed E-state index contributed by atoms with van der Waals surface area (Å²) < 4.78 is 30.9. The molecular weight excluding hydrogens is 430 g/mol. The van der Waals surface area contributed by atoms with Gasteiger partial charge in [-0.05, 0) is 34.4 Å². The second-order valence-corrected chi connectivity index (χ2v) is 9.16. The van der Waals surface area contributed by atoms with Gasteiger partial charge in [0.05, 0.1) is 16.8 Å². The summed E-state index contributed by atoms with van der Waals surface area (Å²) >= 11 is 6.05. The van der Waals surface area contributed by atoms with Crippen LogP contribution in [0.1, 0.15) is 24.9 Å². The Kier molecular flexibility index (Phi) is 6.49. The minimum absolute atomic E-state index is 0.0536. The number of benzene rings is 2. The molecule has 9 nitrogen and oxygen atoms in total. The fraction of sp³-hybridized carbons (Fsp3) is 0.263. The quantitative estimate of drug-likeness (QED) is 0.439. The predicted molar refractivity (Wildman–Crippen MR) is 115 cm³/mol. The van der Waals surface area contributed by atoms with Gasteiger partial charge in [0.2, 0.25) is 21.7 Å². The molecule has 1 atom stereocenters. The molecule has 0 saturated carbocycles. The van der Waals surface area contributed by atoms with Crippen LogP contribution in [0.3, 0.4) is 0 Å². The third kappa shape index (κ3) is 4.35. The number of hydrogen-bond donors (Lipinski definition) is 3. The summed E-state index contributed by atoms with van der Waals surface area (Å²) in [6.07, 6.45) is 0.772. The van der Waals surface area contributed by atoms with Gasteiger partial charge in [0.15, 0.2) is 5.75 Å². The van der Waals surface area contributed by atoms with E-state index in [2.05, 4.69) is 20.9 Å². The SMILES string of the molecule is CC[C@@H](Nc1nonc1Nc1ccc(Cl)c(S(=O)(=O)N(C)C)c1O)c1ccccc1. The molecule has 2 aromatic carbocycles. The van der Waals surface area contributed by atoms with Crippen LogP contribution in [0.25, 0.3) is 0 Å². The van der Waals surface area contributed by atoms with Gasteiger partial charge in [0.25, 0.3) is 0 Å². The summed E-state index contributed by atoms with van der Waals surface area (Å²) in [6, 6.07) is 12.6. The van der Waals surface area contributed by atoms with Crippen LogP contribution in [0.15, 0.2) is 52.0 Å². The highest BCUT2D eigenvalue weighted by Crippen LogP contribution is 2.40. The largest absolute Gasteiger partial charge is 0.504 e. The van der Waals surface area contributed by atoms with Gasteiger partial charge in [0.1, 0.15) is 4.90 Å². The van der Waals surface area contributed by atoms with Crippen molar-refractivity contribution in [1.82, 2.24) is 14.6 Å². The Labute approximate surface area is 179 Å². The molecule has 0 fully saturated rings. The monoisotopic (exact) mass is 451 g/mol. The van der Waals surface area contributed by atoms with Gasteiger partial charge in [-0.1, -0.05) is 48.9 Å². The molecule has 1 heterocycles. The van der Waals surface area contributed by atoms with E-state index >= 15 is 0 Å². The van der Waals surface area contributed by atoms with E-state index in [0.29, 0.717) is 5.82 Å². The molecular formula is C19H22ClN5O4S. The molecule has 0 aliphatic heterocycles. The van der Waals surface area contributed by atoms with Crippen LogP contribution in [0, 0.1) is 0 Å². The van der Waals surface area contributed by atoms with Crippen molar-refractivity contribution in [3.8, 4) is 5.75 Å². The molecule has 0 aliphatic rings. The van der Waals surface area contributed by atoms with Crippen LogP contribution < -0.4 is 10.6 Å². The van der Waals surface area contributed by atoms with E-state index in [1.54, 1.807) is 0 Å². The molecule has 160 valence electrons. The number of halogens is 1. The van der Waals surface area contributed by atoms with Gasteiger partial charge in [-0.2, -0.15) is 0 Å². The summed E-state index contributed by atoms with van der Waals surface area (Å²) in [7, 11) is -1.27. The van der Waals surface area contributed by atoms with Crippen molar-refractivity contribution in [2.45, 2.75) is 24.3 Å². The van der Waals surface area contributed by atoms with Gasteiger partial charge in [-0.3, -0.25) is 0 Å². The Morgan fingerprint density at radius 2 is 1.80 bits per heavy atom. The summed E-state index contributed by atoms with van der Waals surface area (Å²) in [5, 5.41) is 24.3. The highest BCUT2D eigenvalue weighted by molar-refractivity contribution is 7.89. The van der Waals surface area contributed by atoms with Crippen LogP contribution in [0.4, 0.5) is 17.3 Å². The Hall–Kier alpha value is -2.82. The molecule has 3 rings (SSSR count). The van der Waals surface area contributed by atoms with Crippen molar-refractivity contribution < 1.29 is 18.2 Å². The van der Waals surface area contributed by atoms with Crippen LogP contribution in [0.5, 0.6) is 5.75 Å². The molecule has 30 heavy (non-hydrogen) atoms. The lowest BCUT2D eigenvalue weighted by Crippen LogP contribution is -2.22. The highest BCUT2D eigenvalue weighted by Gasteiger charge is 2.27. The Balaban J connectivity index is 1.92. The Morgan fingerprint density at radius 3 is 2.43 bits per heavy atom. The molecule has 0 radical (unpaired) electrons. The van der Waals surface area contributed by atoms with Gasteiger partial charge in [-0.15, -0.1) is 0 Å². The number of nitrogens with zero attached hydrogens (tertiary/aromatic N) is 3. The van der Waals surface area contributed by atoms with Gasteiger partial charge < -0.3 is 15.7 Å². The third-order valence-electron chi connectivity index (χ3n) is 4.48. The standard InChI is InChI=1S/C19H22ClN5O4S/c1-4-14(12-8-6-5-7-9-12)21-18-19(24-29-23-18)22-15-11-10-13(20)17(16(15)26)30(27,28)25(2)3/h5-11,14,26H,4H2,1-3H3,(H,21,23)(H,22,24)/t14-/m1/s1. The normalized spacial score (nSPS) is 12.7. The molecule has 3 aromatic rings. The number of hydrogen-bond acceptors (Lipinski definition) is 8. The molecule has 0 saturated heterocycles. The smallest absolute Gasteiger partial charge is 0.247 e. The first-order valence-corrected chi connectivity index (χ1v) is 10.9. The lowest BCUT2D eigenvalue weighted by atomic mass is 10.0. The second-order valence-electron chi connectivity index (χ2n) is 6.66. The highest BCUT2D eigenvalue weighted by atomic mass is 35.5. The van der Waals surface area contributed by atoms with Gasteiger partial charge in [0, 0.05) is 14.1 Å². The summed E-state index contributed by atoms with van der Waals surface area (Å²) in [5.41, 5.74) is 1.15. The van der Waals surface area contributed by atoms with Crippen molar-refractivity contribution in [2.24, 2.45) is 0 Å².